The van der Waals surface area contributed by atoms with Crippen LogP contribution in [0.2, 0.25) is 0 Å². The van der Waals surface area contributed by atoms with Gasteiger partial charge in [0.2, 0.25) is 5.91 Å². The Morgan fingerprint density at radius 3 is 2.92 bits per heavy atom. The normalized spacial score (nSPS) is 24.8. The molecule has 76 valence electrons. The van der Waals surface area contributed by atoms with Gasteiger partial charge in [-0.15, -0.1) is 0 Å². The lowest BCUT2D eigenvalue weighted by Crippen LogP contribution is -2.39. The summed E-state index contributed by atoms with van der Waals surface area (Å²) in [6, 6.07) is 0.495. The smallest absolute Gasteiger partial charge is 0.226 e. The number of carbonyl (C=O) groups is 1. The summed E-state index contributed by atoms with van der Waals surface area (Å²) in [4.78, 5) is 13.9. The van der Waals surface area contributed by atoms with E-state index in [1.54, 1.807) is 0 Å². The van der Waals surface area contributed by atoms with E-state index in [9.17, 15) is 4.79 Å². The fraction of sp³-hybridized carbons (Fsp3) is 0.900. The van der Waals surface area contributed by atoms with Crippen LogP contribution in [0.15, 0.2) is 0 Å². The lowest BCUT2D eigenvalue weighted by atomic mass is 10.1. The highest BCUT2D eigenvalue weighted by Crippen LogP contribution is 2.22. The van der Waals surface area contributed by atoms with Gasteiger partial charge in [-0.2, -0.15) is 12.6 Å². The number of likely N-dealkylation sites (tertiary alicyclic amines) is 1. The molecule has 3 heteroatoms. The molecule has 1 amide bonds. The second kappa shape index (κ2) is 4.89. The van der Waals surface area contributed by atoms with E-state index in [-0.39, 0.29) is 5.92 Å². The molecular weight excluding hydrogens is 182 g/mol. The van der Waals surface area contributed by atoms with Gasteiger partial charge in [-0.05, 0) is 19.3 Å². The van der Waals surface area contributed by atoms with Crippen LogP contribution in [0, 0.1) is 5.92 Å². The van der Waals surface area contributed by atoms with Gasteiger partial charge in [0.1, 0.15) is 0 Å². The maximum atomic E-state index is 11.8. The molecule has 2 atom stereocenters. The summed E-state index contributed by atoms with van der Waals surface area (Å²) in [5, 5.41) is 0. The van der Waals surface area contributed by atoms with E-state index in [0.29, 0.717) is 17.7 Å². The van der Waals surface area contributed by atoms with Crippen molar-refractivity contribution in [2.24, 2.45) is 5.92 Å². The van der Waals surface area contributed by atoms with Crippen LogP contribution in [0.1, 0.15) is 33.1 Å². The van der Waals surface area contributed by atoms with E-state index in [2.05, 4.69) is 19.6 Å². The molecule has 1 saturated heterocycles. The molecule has 0 N–H and O–H groups in total. The largest absolute Gasteiger partial charge is 0.339 e. The van der Waals surface area contributed by atoms with Gasteiger partial charge >= 0.3 is 0 Å². The first-order valence-corrected chi connectivity index (χ1v) is 5.75. The maximum Gasteiger partial charge on any atom is 0.226 e. The van der Waals surface area contributed by atoms with Crippen LogP contribution < -0.4 is 0 Å². The van der Waals surface area contributed by atoms with Crippen molar-refractivity contribution in [2.45, 2.75) is 39.2 Å². The summed E-state index contributed by atoms with van der Waals surface area (Å²) in [5.74, 6) is 1.03. The van der Waals surface area contributed by atoms with E-state index < -0.39 is 0 Å². The van der Waals surface area contributed by atoms with Crippen LogP contribution >= 0.6 is 12.6 Å². The molecule has 0 radical (unpaired) electrons. The number of carbonyl (C=O) groups excluding carboxylic acids is 1. The second-order valence-electron chi connectivity index (χ2n) is 3.82. The first kappa shape index (κ1) is 10.9. The number of hydrogen-bond donors (Lipinski definition) is 1. The minimum Gasteiger partial charge on any atom is -0.339 e. The van der Waals surface area contributed by atoms with Crippen molar-refractivity contribution in [1.29, 1.82) is 0 Å². The Labute approximate surface area is 86.1 Å². The third-order valence-electron chi connectivity index (χ3n) is 2.83. The molecule has 1 heterocycles. The van der Waals surface area contributed by atoms with Gasteiger partial charge in [-0.3, -0.25) is 4.79 Å². The molecule has 1 aliphatic heterocycles. The van der Waals surface area contributed by atoms with Gasteiger partial charge < -0.3 is 4.90 Å². The first-order valence-electron chi connectivity index (χ1n) is 5.12. The highest BCUT2D eigenvalue weighted by atomic mass is 32.1. The van der Waals surface area contributed by atoms with Crippen molar-refractivity contribution in [3.05, 3.63) is 0 Å². The molecular formula is C10H19NOS. The van der Waals surface area contributed by atoms with Crippen LogP contribution in [-0.4, -0.2) is 29.1 Å². The van der Waals surface area contributed by atoms with Crippen molar-refractivity contribution in [3.63, 3.8) is 0 Å². The zero-order valence-corrected chi connectivity index (χ0v) is 9.39. The van der Waals surface area contributed by atoms with Crippen molar-refractivity contribution in [1.82, 2.24) is 4.90 Å². The average molecular weight is 201 g/mol. The lowest BCUT2D eigenvalue weighted by Gasteiger charge is -2.26. The van der Waals surface area contributed by atoms with E-state index in [0.717, 1.165) is 13.0 Å². The molecule has 0 spiro atoms. The van der Waals surface area contributed by atoms with E-state index in [4.69, 9.17) is 0 Å². The number of hydrogen-bond acceptors (Lipinski definition) is 2. The van der Waals surface area contributed by atoms with E-state index in [1.165, 1.54) is 12.8 Å². The predicted molar refractivity (Wildman–Crippen MR) is 58.0 cm³/mol. The van der Waals surface area contributed by atoms with Crippen molar-refractivity contribution in [3.8, 4) is 0 Å². The summed E-state index contributed by atoms with van der Waals surface area (Å²) >= 11 is 4.16. The standard InChI is InChI=1S/C10H19NOS/c1-3-9-5-4-6-11(9)10(12)8(2)7-13/h8-9,13H,3-7H2,1-2H3. The summed E-state index contributed by atoms with van der Waals surface area (Å²) in [5.41, 5.74) is 0. The fourth-order valence-corrected chi connectivity index (χ4v) is 2.07. The fourth-order valence-electron chi connectivity index (χ4n) is 1.91. The first-order chi connectivity index (χ1) is 6.20. The summed E-state index contributed by atoms with van der Waals surface area (Å²) in [6.45, 7) is 5.07. The molecule has 13 heavy (non-hydrogen) atoms. The quantitative estimate of drug-likeness (QED) is 0.692. The molecule has 0 aromatic heterocycles. The maximum absolute atomic E-state index is 11.8. The number of nitrogens with zero attached hydrogens (tertiary/aromatic N) is 1. The summed E-state index contributed by atoms with van der Waals surface area (Å²) in [6.07, 6.45) is 3.44. The number of rotatable bonds is 3. The van der Waals surface area contributed by atoms with Gasteiger partial charge in [0, 0.05) is 24.3 Å². The highest BCUT2D eigenvalue weighted by molar-refractivity contribution is 7.80. The lowest BCUT2D eigenvalue weighted by molar-refractivity contribution is -0.135. The summed E-state index contributed by atoms with van der Waals surface area (Å²) < 4.78 is 0. The Balaban J connectivity index is 2.54. The zero-order chi connectivity index (χ0) is 9.84. The van der Waals surface area contributed by atoms with Crippen LogP contribution in [0.5, 0.6) is 0 Å². The molecule has 2 nitrogen and oxygen atoms in total. The van der Waals surface area contributed by atoms with Crippen molar-refractivity contribution >= 4 is 18.5 Å². The molecule has 2 unspecified atom stereocenters. The third-order valence-corrected chi connectivity index (χ3v) is 3.37. The van der Waals surface area contributed by atoms with E-state index >= 15 is 0 Å². The molecule has 0 saturated carbocycles. The van der Waals surface area contributed by atoms with Crippen LogP contribution in [-0.2, 0) is 4.79 Å². The van der Waals surface area contributed by atoms with Gasteiger partial charge in [0.15, 0.2) is 0 Å². The molecule has 0 aromatic carbocycles. The Kier molecular flexibility index (Phi) is 4.10. The van der Waals surface area contributed by atoms with Crippen molar-refractivity contribution < 1.29 is 4.79 Å². The monoisotopic (exact) mass is 201 g/mol. The Bertz CT molecular complexity index is 184. The number of amides is 1. The summed E-state index contributed by atoms with van der Waals surface area (Å²) in [7, 11) is 0. The molecule has 0 aromatic rings. The second-order valence-corrected chi connectivity index (χ2v) is 4.18. The molecule has 0 aliphatic carbocycles. The molecule has 1 rings (SSSR count). The van der Waals surface area contributed by atoms with Crippen LogP contribution in [0.3, 0.4) is 0 Å². The molecule has 0 bridgehead atoms. The predicted octanol–water partition coefficient (Wildman–Crippen LogP) is 1.95. The minimum absolute atomic E-state index is 0.0792. The minimum atomic E-state index is 0.0792. The Morgan fingerprint density at radius 2 is 2.38 bits per heavy atom. The van der Waals surface area contributed by atoms with Gasteiger partial charge in [0.05, 0.1) is 0 Å². The highest BCUT2D eigenvalue weighted by Gasteiger charge is 2.29. The molecule has 1 fully saturated rings. The zero-order valence-electron chi connectivity index (χ0n) is 8.49. The Hall–Kier alpha value is -0.180. The van der Waals surface area contributed by atoms with Crippen molar-refractivity contribution in [2.75, 3.05) is 12.3 Å². The van der Waals surface area contributed by atoms with Gasteiger partial charge in [-0.25, -0.2) is 0 Å². The Morgan fingerprint density at radius 1 is 1.69 bits per heavy atom. The average Bonchev–Trinajstić information content (AvgIpc) is 2.62. The SMILES string of the molecule is CCC1CCCN1C(=O)C(C)CS. The third kappa shape index (κ3) is 2.39. The topological polar surface area (TPSA) is 20.3 Å². The van der Waals surface area contributed by atoms with Gasteiger partial charge in [0.25, 0.3) is 0 Å². The molecule has 1 aliphatic rings. The van der Waals surface area contributed by atoms with E-state index in [1.807, 2.05) is 11.8 Å². The van der Waals surface area contributed by atoms with Gasteiger partial charge in [-0.1, -0.05) is 13.8 Å². The van der Waals surface area contributed by atoms with Crippen LogP contribution in [0.4, 0.5) is 0 Å². The number of thiol groups is 1. The van der Waals surface area contributed by atoms with Crippen LogP contribution in [0.25, 0.3) is 0 Å².